The summed E-state index contributed by atoms with van der Waals surface area (Å²) in [5.41, 5.74) is 1.58. The molecule has 6 nitrogen and oxygen atoms in total. The van der Waals surface area contributed by atoms with Gasteiger partial charge in [0.1, 0.15) is 0 Å². The largest absolute Gasteiger partial charge is 0.444 e. The molecule has 0 saturated carbocycles. The van der Waals surface area contributed by atoms with Crippen LogP contribution in [0.5, 0.6) is 0 Å². The second-order valence-electron chi connectivity index (χ2n) is 5.74. The number of rotatable bonds is 4. The quantitative estimate of drug-likeness (QED) is 0.877. The Morgan fingerprint density at radius 3 is 2.79 bits per heavy atom. The Balaban J connectivity index is 1.61. The van der Waals surface area contributed by atoms with Crippen LogP contribution in [0.25, 0.3) is 11.3 Å². The number of carbonyl (C=O) groups excluding carboxylic acids is 2. The number of piperidine rings is 1. The first-order valence-electron chi connectivity index (χ1n) is 7.88. The molecule has 0 radical (unpaired) electrons. The van der Waals surface area contributed by atoms with E-state index in [1.54, 1.807) is 11.1 Å². The fourth-order valence-corrected chi connectivity index (χ4v) is 2.84. The van der Waals surface area contributed by atoms with E-state index in [0.29, 0.717) is 31.7 Å². The van der Waals surface area contributed by atoms with Crippen LogP contribution in [0.4, 0.5) is 5.69 Å². The molecule has 0 aliphatic carbocycles. The molecular weight excluding hydrogens is 306 g/mol. The number of amides is 2. The molecule has 0 bridgehead atoms. The first-order chi connectivity index (χ1) is 11.7. The number of anilines is 1. The topological polar surface area (TPSA) is 75.4 Å². The van der Waals surface area contributed by atoms with E-state index in [9.17, 15) is 9.59 Å². The Morgan fingerprint density at radius 1 is 1.33 bits per heavy atom. The van der Waals surface area contributed by atoms with Crippen molar-refractivity contribution in [2.75, 3.05) is 18.4 Å². The van der Waals surface area contributed by atoms with E-state index in [4.69, 9.17) is 4.42 Å². The molecule has 1 aromatic heterocycles. The molecule has 0 unspecified atom stereocenters. The number of nitrogens with one attached hydrogen (secondary N) is 1. The van der Waals surface area contributed by atoms with Crippen LogP contribution in [0, 0.1) is 5.92 Å². The van der Waals surface area contributed by atoms with Gasteiger partial charge in [-0.05, 0) is 31.1 Å². The van der Waals surface area contributed by atoms with Crippen molar-refractivity contribution < 1.29 is 14.0 Å². The van der Waals surface area contributed by atoms with Gasteiger partial charge < -0.3 is 14.6 Å². The highest BCUT2D eigenvalue weighted by molar-refractivity contribution is 5.93. The number of oxazole rings is 1. The predicted octanol–water partition coefficient (Wildman–Crippen LogP) is 2.70. The van der Waals surface area contributed by atoms with Gasteiger partial charge in [0, 0.05) is 30.3 Å². The van der Waals surface area contributed by atoms with Crippen LogP contribution >= 0.6 is 0 Å². The van der Waals surface area contributed by atoms with Gasteiger partial charge in [0.15, 0.2) is 12.2 Å². The molecule has 2 aromatic rings. The van der Waals surface area contributed by atoms with Gasteiger partial charge in [0.05, 0.1) is 6.20 Å². The number of nitrogens with zero attached hydrogens (tertiary/aromatic N) is 2. The Hall–Kier alpha value is -2.89. The molecule has 1 saturated heterocycles. The Morgan fingerprint density at radius 2 is 2.12 bits per heavy atom. The SMILES string of the molecule is C=CC(=O)N1CCC(C(=O)Nc2cccc(-c3cnco3)c2)CC1. The molecular formula is C18H19N3O3. The van der Waals surface area contributed by atoms with Gasteiger partial charge in [-0.3, -0.25) is 9.59 Å². The van der Waals surface area contributed by atoms with E-state index in [1.807, 2.05) is 24.3 Å². The minimum atomic E-state index is -0.0900. The van der Waals surface area contributed by atoms with Crippen molar-refractivity contribution in [3.8, 4) is 11.3 Å². The standard InChI is InChI=1S/C18H19N3O3/c1-2-17(22)21-8-6-13(7-9-21)18(23)20-15-5-3-4-14(10-15)16-11-19-12-24-16/h2-5,10-13H,1,6-9H2,(H,20,23). The van der Waals surface area contributed by atoms with E-state index in [2.05, 4.69) is 16.9 Å². The summed E-state index contributed by atoms with van der Waals surface area (Å²) in [5.74, 6) is 0.471. The molecule has 1 fully saturated rings. The third-order valence-electron chi connectivity index (χ3n) is 4.20. The van der Waals surface area contributed by atoms with Gasteiger partial charge in [0.2, 0.25) is 11.8 Å². The van der Waals surface area contributed by atoms with Crippen molar-refractivity contribution >= 4 is 17.5 Å². The molecule has 1 aromatic carbocycles. The lowest BCUT2D eigenvalue weighted by atomic mass is 9.95. The lowest BCUT2D eigenvalue weighted by Gasteiger charge is -2.30. The van der Waals surface area contributed by atoms with E-state index < -0.39 is 0 Å². The highest BCUT2D eigenvalue weighted by Gasteiger charge is 2.26. The predicted molar refractivity (Wildman–Crippen MR) is 90.1 cm³/mol. The molecule has 3 rings (SSSR count). The minimum Gasteiger partial charge on any atom is -0.444 e. The fourth-order valence-electron chi connectivity index (χ4n) is 2.84. The van der Waals surface area contributed by atoms with Crippen molar-refractivity contribution in [1.29, 1.82) is 0 Å². The zero-order valence-corrected chi connectivity index (χ0v) is 13.3. The van der Waals surface area contributed by atoms with Crippen LogP contribution in [0.2, 0.25) is 0 Å². The summed E-state index contributed by atoms with van der Waals surface area (Å²) in [5, 5.41) is 2.95. The summed E-state index contributed by atoms with van der Waals surface area (Å²) in [4.78, 5) is 29.6. The second kappa shape index (κ2) is 7.12. The van der Waals surface area contributed by atoms with Crippen molar-refractivity contribution in [1.82, 2.24) is 9.88 Å². The average molecular weight is 325 g/mol. The Kier molecular flexibility index (Phi) is 4.74. The first-order valence-corrected chi connectivity index (χ1v) is 7.88. The van der Waals surface area contributed by atoms with Gasteiger partial charge in [-0.2, -0.15) is 0 Å². The molecule has 1 aliphatic heterocycles. The third-order valence-corrected chi connectivity index (χ3v) is 4.20. The molecule has 0 atom stereocenters. The number of hydrogen-bond donors (Lipinski definition) is 1. The van der Waals surface area contributed by atoms with Crippen LogP contribution in [0.1, 0.15) is 12.8 Å². The van der Waals surface area contributed by atoms with E-state index >= 15 is 0 Å². The monoisotopic (exact) mass is 325 g/mol. The highest BCUT2D eigenvalue weighted by Crippen LogP contribution is 2.24. The van der Waals surface area contributed by atoms with E-state index in [-0.39, 0.29) is 17.7 Å². The molecule has 2 heterocycles. The van der Waals surface area contributed by atoms with Gasteiger partial charge in [-0.1, -0.05) is 18.7 Å². The number of likely N-dealkylation sites (tertiary alicyclic amines) is 1. The van der Waals surface area contributed by atoms with Gasteiger partial charge in [0.25, 0.3) is 0 Å². The summed E-state index contributed by atoms with van der Waals surface area (Å²) in [6.07, 6.45) is 5.64. The van der Waals surface area contributed by atoms with Crippen molar-refractivity contribution in [2.45, 2.75) is 12.8 Å². The molecule has 0 spiro atoms. The van der Waals surface area contributed by atoms with Gasteiger partial charge >= 0.3 is 0 Å². The zero-order valence-electron chi connectivity index (χ0n) is 13.3. The summed E-state index contributed by atoms with van der Waals surface area (Å²) >= 11 is 0. The summed E-state index contributed by atoms with van der Waals surface area (Å²) in [6, 6.07) is 7.46. The fraction of sp³-hybridized carbons (Fsp3) is 0.278. The molecule has 2 amide bonds. The zero-order chi connectivity index (χ0) is 16.9. The van der Waals surface area contributed by atoms with Crippen LogP contribution in [-0.2, 0) is 9.59 Å². The minimum absolute atomic E-state index is 0.0181. The maximum atomic E-state index is 12.4. The summed E-state index contributed by atoms with van der Waals surface area (Å²) in [6.45, 7) is 4.66. The maximum Gasteiger partial charge on any atom is 0.245 e. The van der Waals surface area contributed by atoms with Gasteiger partial charge in [-0.15, -0.1) is 0 Å². The number of aromatic nitrogens is 1. The normalized spacial score (nSPS) is 15.1. The van der Waals surface area contributed by atoms with Crippen molar-refractivity contribution in [3.63, 3.8) is 0 Å². The smallest absolute Gasteiger partial charge is 0.245 e. The van der Waals surface area contributed by atoms with E-state index in [0.717, 1.165) is 11.3 Å². The maximum absolute atomic E-state index is 12.4. The lowest BCUT2D eigenvalue weighted by molar-refractivity contribution is -0.130. The van der Waals surface area contributed by atoms with E-state index in [1.165, 1.54) is 12.5 Å². The molecule has 6 heteroatoms. The third kappa shape index (κ3) is 3.53. The second-order valence-corrected chi connectivity index (χ2v) is 5.74. The van der Waals surface area contributed by atoms with Gasteiger partial charge in [-0.25, -0.2) is 4.98 Å². The average Bonchev–Trinajstić information content (AvgIpc) is 3.16. The Labute approximate surface area is 140 Å². The number of hydrogen-bond acceptors (Lipinski definition) is 4. The molecule has 1 aliphatic rings. The van der Waals surface area contributed by atoms with Crippen molar-refractivity contribution in [2.24, 2.45) is 5.92 Å². The number of carbonyl (C=O) groups is 2. The summed E-state index contributed by atoms with van der Waals surface area (Å²) < 4.78 is 5.27. The lowest BCUT2D eigenvalue weighted by Crippen LogP contribution is -2.40. The van der Waals surface area contributed by atoms with Crippen molar-refractivity contribution in [3.05, 3.63) is 49.5 Å². The van der Waals surface area contributed by atoms with Crippen LogP contribution in [-0.4, -0.2) is 34.8 Å². The summed E-state index contributed by atoms with van der Waals surface area (Å²) in [7, 11) is 0. The van der Waals surface area contributed by atoms with Crippen LogP contribution in [0.3, 0.4) is 0 Å². The molecule has 24 heavy (non-hydrogen) atoms. The van der Waals surface area contributed by atoms with Crippen LogP contribution in [0.15, 0.2) is 53.9 Å². The highest BCUT2D eigenvalue weighted by atomic mass is 16.3. The molecule has 124 valence electrons. The van der Waals surface area contributed by atoms with Crippen LogP contribution < -0.4 is 5.32 Å². The molecule has 1 N–H and O–H groups in total. The Bertz CT molecular complexity index is 732. The number of benzene rings is 1. The first kappa shape index (κ1) is 16.0.